The lowest BCUT2D eigenvalue weighted by Crippen LogP contribution is -2.22. The first-order valence-electron chi connectivity index (χ1n) is 6.17. The van der Waals surface area contributed by atoms with Gasteiger partial charge < -0.3 is 10.6 Å². The Morgan fingerprint density at radius 1 is 1.15 bits per heavy atom. The summed E-state index contributed by atoms with van der Waals surface area (Å²) in [4.78, 5) is 0. The van der Waals surface area contributed by atoms with Gasteiger partial charge in [0.2, 0.25) is 0 Å². The molecule has 1 aromatic rings. The minimum absolute atomic E-state index is 0.327. The quantitative estimate of drug-likeness (QED) is 0.836. The van der Waals surface area contributed by atoms with Crippen molar-refractivity contribution in [2.24, 2.45) is 0 Å². The lowest BCUT2D eigenvalue weighted by Gasteiger charge is -2.14. The highest BCUT2D eigenvalue weighted by molar-refractivity contribution is 5.33. The van der Waals surface area contributed by atoms with Gasteiger partial charge in [0.1, 0.15) is 0 Å². The van der Waals surface area contributed by atoms with E-state index in [0.717, 1.165) is 17.8 Å². The maximum atomic E-state index is 12.7. The smallest absolute Gasteiger partial charge is 0.362 e. The molecule has 0 aliphatic rings. The number of hydrogen-bond donors (Lipinski definition) is 2. The summed E-state index contributed by atoms with van der Waals surface area (Å²) in [6.07, 6.45) is -4.00. The van der Waals surface area contributed by atoms with Crippen molar-refractivity contribution in [3.05, 3.63) is 59.4 Å². The van der Waals surface area contributed by atoms with E-state index in [-0.39, 0.29) is 0 Å². The summed E-state index contributed by atoms with van der Waals surface area (Å²) in [6.45, 7) is 9.82. The van der Waals surface area contributed by atoms with Crippen LogP contribution in [0.25, 0.3) is 0 Å². The van der Waals surface area contributed by atoms with Crippen LogP contribution in [0.2, 0.25) is 0 Å². The average molecular weight is 284 g/mol. The molecule has 20 heavy (non-hydrogen) atoms. The summed E-state index contributed by atoms with van der Waals surface area (Å²) >= 11 is 0. The molecule has 0 aliphatic heterocycles. The largest absolute Gasteiger partial charge is 0.416 e. The Hall–Kier alpha value is -1.75. The van der Waals surface area contributed by atoms with Crippen molar-refractivity contribution in [1.29, 1.82) is 0 Å². The molecule has 0 heterocycles. The third-order valence-electron chi connectivity index (χ3n) is 2.63. The maximum Gasteiger partial charge on any atom is 0.416 e. The maximum absolute atomic E-state index is 12.7. The molecule has 0 unspecified atom stereocenters. The minimum atomic E-state index is -4.33. The summed E-state index contributed by atoms with van der Waals surface area (Å²) in [5.74, 6) is 0. The lowest BCUT2D eigenvalue weighted by molar-refractivity contribution is -0.137. The Morgan fingerprint density at radius 2 is 1.80 bits per heavy atom. The van der Waals surface area contributed by atoms with Gasteiger partial charge in [-0.1, -0.05) is 24.8 Å². The van der Waals surface area contributed by atoms with E-state index in [4.69, 9.17) is 0 Å². The molecule has 110 valence electrons. The van der Waals surface area contributed by atoms with Crippen molar-refractivity contribution in [3.8, 4) is 0 Å². The van der Waals surface area contributed by atoms with E-state index in [1.807, 2.05) is 0 Å². The number of aryl methyl sites for hydroxylation is 1. The SMILES string of the molecule is C=C(CNC)NC(=C)Cc1cc(C)cc(C(F)(F)F)c1. The van der Waals surface area contributed by atoms with Gasteiger partial charge in [-0.3, -0.25) is 0 Å². The molecule has 0 atom stereocenters. The Kier molecular flexibility index (Phi) is 5.39. The zero-order valence-corrected chi connectivity index (χ0v) is 11.7. The van der Waals surface area contributed by atoms with E-state index < -0.39 is 11.7 Å². The molecule has 0 saturated carbocycles. The minimum Gasteiger partial charge on any atom is -0.362 e. The summed E-state index contributed by atoms with van der Waals surface area (Å²) in [6, 6.07) is 4.02. The van der Waals surface area contributed by atoms with Crippen LogP contribution in [0.4, 0.5) is 13.2 Å². The second-order valence-corrected chi connectivity index (χ2v) is 4.74. The zero-order chi connectivity index (χ0) is 15.3. The molecule has 0 radical (unpaired) electrons. The Morgan fingerprint density at radius 3 is 2.35 bits per heavy atom. The number of halogens is 3. The second-order valence-electron chi connectivity index (χ2n) is 4.74. The molecule has 0 bridgehead atoms. The fourth-order valence-corrected chi connectivity index (χ4v) is 1.93. The third kappa shape index (κ3) is 5.09. The average Bonchev–Trinajstić information content (AvgIpc) is 2.26. The van der Waals surface area contributed by atoms with Gasteiger partial charge in [-0.05, 0) is 31.7 Å². The number of rotatable bonds is 6. The normalized spacial score (nSPS) is 11.2. The lowest BCUT2D eigenvalue weighted by atomic mass is 10.0. The molecule has 1 aromatic carbocycles. The van der Waals surface area contributed by atoms with E-state index in [1.54, 1.807) is 20.0 Å². The summed E-state index contributed by atoms with van der Waals surface area (Å²) in [5.41, 5.74) is 1.86. The predicted molar refractivity (Wildman–Crippen MR) is 75.2 cm³/mol. The highest BCUT2D eigenvalue weighted by Crippen LogP contribution is 2.30. The molecule has 0 saturated heterocycles. The first kappa shape index (κ1) is 16.3. The van der Waals surface area contributed by atoms with Crippen LogP contribution in [0.3, 0.4) is 0 Å². The molecule has 2 nitrogen and oxygen atoms in total. The molecule has 0 spiro atoms. The van der Waals surface area contributed by atoms with E-state index >= 15 is 0 Å². The molecule has 0 aromatic heterocycles. The molecular weight excluding hydrogens is 265 g/mol. The van der Waals surface area contributed by atoms with E-state index in [2.05, 4.69) is 23.8 Å². The van der Waals surface area contributed by atoms with Crippen LogP contribution in [0.5, 0.6) is 0 Å². The molecule has 1 rings (SSSR count). The van der Waals surface area contributed by atoms with Crippen LogP contribution >= 0.6 is 0 Å². The summed E-state index contributed by atoms with van der Waals surface area (Å²) in [5, 5.41) is 5.90. The number of hydrogen-bond acceptors (Lipinski definition) is 2. The Balaban J connectivity index is 2.80. The van der Waals surface area contributed by atoms with Crippen LogP contribution in [0.15, 0.2) is 42.8 Å². The van der Waals surface area contributed by atoms with Gasteiger partial charge in [-0.2, -0.15) is 13.2 Å². The van der Waals surface area contributed by atoms with Gasteiger partial charge in [0.15, 0.2) is 0 Å². The van der Waals surface area contributed by atoms with E-state index in [9.17, 15) is 13.2 Å². The highest BCUT2D eigenvalue weighted by atomic mass is 19.4. The van der Waals surface area contributed by atoms with Gasteiger partial charge in [0.25, 0.3) is 0 Å². The van der Waals surface area contributed by atoms with Crippen LogP contribution in [0.1, 0.15) is 16.7 Å². The topological polar surface area (TPSA) is 24.1 Å². The van der Waals surface area contributed by atoms with Gasteiger partial charge >= 0.3 is 6.18 Å². The molecule has 0 aliphatic carbocycles. The van der Waals surface area contributed by atoms with Crippen molar-refractivity contribution < 1.29 is 13.2 Å². The van der Waals surface area contributed by atoms with Crippen molar-refractivity contribution in [3.63, 3.8) is 0 Å². The van der Waals surface area contributed by atoms with Crippen LogP contribution < -0.4 is 10.6 Å². The number of alkyl halides is 3. The third-order valence-corrected chi connectivity index (χ3v) is 2.63. The number of nitrogens with one attached hydrogen (secondary N) is 2. The summed E-state index contributed by atoms with van der Waals surface area (Å²) < 4.78 is 38.2. The van der Waals surface area contributed by atoms with Crippen molar-refractivity contribution in [2.75, 3.05) is 13.6 Å². The highest BCUT2D eigenvalue weighted by Gasteiger charge is 2.30. The monoisotopic (exact) mass is 284 g/mol. The number of likely N-dealkylation sites (N-methyl/N-ethyl adjacent to an activating group) is 1. The second kappa shape index (κ2) is 6.61. The van der Waals surface area contributed by atoms with Crippen LogP contribution in [0, 0.1) is 6.92 Å². The van der Waals surface area contributed by atoms with Gasteiger partial charge in [-0.15, -0.1) is 0 Å². The fourth-order valence-electron chi connectivity index (χ4n) is 1.93. The van der Waals surface area contributed by atoms with Crippen molar-refractivity contribution in [1.82, 2.24) is 10.6 Å². The zero-order valence-electron chi connectivity index (χ0n) is 11.7. The standard InChI is InChI=1S/C15H19F3N2/c1-10-5-13(8-14(6-10)15(16,17)18)7-11(2)20-12(3)9-19-4/h5-6,8,19-20H,2-3,7,9H2,1,4H3. The van der Waals surface area contributed by atoms with Crippen LogP contribution in [-0.4, -0.2) is 13.6 Å². The van der Waals surface area contributed by atoms with Gasteiger partial charge in [-0.25, -0.2) is 0 Å². The molecule has 2 N–H and O–H groups in total. The van der Waals surface area contributed by atoms with Crippen molar-refractivity contribution >= 4 is 0 Å². The Labute approximate surface area is 117 Å². The Bertz CT molecular complexity index is 504. The van der Waals surface area contributed by atoms with Gasteiger partial charge in [0.05, 0.1) is 5.56 Å². The van der Waals surface area contributed by atoms with Crippen molar-refractivity contribution in [2.45, 2.75) is 19.5 Å². The van der Waals surface area contributed by atoms with Crippen LogP contribution in [-0.2, 0) is 12.6 Å². The molecular formula is C15H19F3N2. The number of allylic oxidation sites excluding steroid dienone is 1. The molecule has 0 fully saturated rings. The van der Waals surface area contributed by atoms with E-state index in [1.165, 1.54) is 0 Å². The summed E-state index contributed by atoms with van der Waals surface area (Å²) in [7, 11) is 1.78. The fraction of sp³-hybridized carbons (Fsp3) is 0.333. The number of benzene rings is 1. The first-order chi connectivity index (χ1) is 9.22. The first-order valence-corrected chi connectivity index (χ1v) is 6.17. The molecule has 0 amide bonds. The molecule has 5 heteroatoms. The van der Waals surface area contributed by atoms with Gasteiger partial charge in [0, 0.05) is 24.4 Å². The predicted octanol–water partition coefficient (Wildman–Crippen LogP) is 3.39. The van der Waals surface area contributed by atoms with E-state index in [0.29, 0.717) is 29.8 Å².